The van der Waals surface area contributed by atoms with E-state index in [1.54, 1.807) is 0 Å². The Morgan fingerprint density at radius 1 is 1.36 bits per heavy atom. The molecule has 0 radical (unpaired) electrons. The van der Waals surface area contributed by atoms with E-state index < -0.39 is 21.4 Å². The van der Waals surface area contributed by atoms with Gasteiger partial charge in [0.05, 0.1) is 11.0 Å². The molecule has 0 aromatic rings. The van der Waals surface area contributed by atoms with Crippen molar-refractivity contribution in [1.29, 1.82) is 0 Å². The van der Waals surface area contributed by atoms with Gasteiger partial charge in [-0.1, -0.05) is 0 Å². The lowest BCUT2D eigenvalue weighted by molar-refractivity contribution is -0.465. The maximum Gasteiger partial charge on any atom is 0.394 e. The van der Waals surface area contributed by atoms with Gasteiger partial charge in [-0.3, -0.25) is 20.8 Å². The smallest absolute Gasteiger partial charge is 0.358 e. The maximum atomic E-state index is 10.4. The molecule has 2 N–H and O–H groups in total. The van der Waals surface area contributed by atoms with Crippen molar-refractivity contribution in [2.45, 2.75) is 18.9 Å². The molecule has 0 atom stereocenters. The second-order valence-corrected chi connectivity index (χ2v) is 2.79. The van der Waals surface area contributed by atoms with E-state index in [1.807, 2.05) is 0 Å². The molecule has 1 aliphatic rings. The van der Waals surface area contributed by atoms with Gasteiger partial charge in [0.15, 0.2) is 0 Å². The van der Waals surface area contributed by atoms with Crippen molar-refractivity contribution >= 4 is 6.21 Å². The number of hydrogen-bond acceptors (Lipinski definition) is 6. The summed E-state index contributed by atoms with van der Waals surface area (Å²) in [6, 6.07) is 0.0597. The molecule has 1 rings (SSSR count). The highest BCUT2D eigenvalue weighted by atomic mass is 16.6. The molecule has 0 amide bonds. The SMILES string of the molecule is NC(=C(C=NC1CC1)[N+](=O)[O-])[N+](=O)[O-]. The third-order valence-corrected chi connectivity index (χ3v) is 1.61. The zero-order chi connectivity index (χ0) is 10.7. The molecule has 1 saturated carbocycles. The van der Waals surface area contributed by atoms with Crippen molar-refractivity contribution in [3.63, 3.8) is 0 Å². The zero-order valence-corrected chi connectivity index (χ0v) is 7.12. The van der Waals surface area contributed by atoms with Gasteiger partial charge >= 0.3 is 11.5 Å². The van der Waals surface area contributed by atoms with Crippen molar-refractivity contribution in [3.8, 4) is 0 Å². The fourth-order valence-corrected chi connectivity index (χ4v) is 0.700. The number of hydrogen-bond donors (Lipinski definition) is 1. The van der Waals surface area contributed by atoms with E-state index in [2.05, 4.69) is 4.99 Å². The Morgan fingerprint density at radius 2 is 1.93 bits per heavy atom. The molecule has 8 heteroatoms. The monoisotopic (exact) mass is 200 g/mol. The summed E-state index contributed by atoms with van der Waals surface area (Å²) in [6.07, 6.45) is 2.58. The Morgan fingerprint density at radius 3 is 2.29 bits per heavy atom. The van der Waals surface area contributed by atoms with Crippen LogP contribution in [0.15, 0.2) is 16.5 Å². The molecular weight excluding hydrogens is 192 g/mol. The van der Waals surface area contributed by atoms with Crippen LogP contribution in [0.3, 0.4) is 0 Å². The highest BCUT2D eigenvalue weighted by molar-refractivity contribution is 5.76. The van der Waals surface area contributed by atoms with Crippen LogP contribution < -0.4 is 5.73 Å². The van der Waals surface area contributed by atoms with Crippen LogP contribution in [-0.4, -0.2) is 22.1 Å². The largest absolute Gasteiger partial charge is 0.394 e. The molecule has 0 aromatic carbocycles. The van der Waals surface area contributed by atoms with E-state index in [4.69, 9.17) is 5.73 Å². The lowest BCUT2D eigenvalue weighted by atomic mass is 10.5. The van der Waals surface area contributed by atoms with Gasteiger partial charge in [-0.25, -0.2) is 0 Å². The van der Waals surface area contributed by atoms with Crippen LogP contribution in [0.2, 0.25) is 0 Å². The minimum Gasteiger partial charge on any atom is -0.358 e. The first-order valence-electron chi connectivity index (χ1n) is 3.84. The minimum absolute atomic E-state index is 0.0597. The van der Waals surface area contributed by atoms with Crippen LogP contribution in [-0.2, 0) is 0 Å². The Hall–Kier alpha value is -1.99. The highest BCUT2D eigenvalue weighted by Crippen LogP contribution is 2.23. The number of nitrogens with two attached hydrogens (primary N) is 1. The Balaban J connectivity index is 2.87. The molecule has 76 valence electrons. The summed E-state index contributed by atoms with van der Waals surface area (Å²) in [6.45, 7) is 0. The van der Waals surface area contributed by atoms with Crippen LogP contribution in [0, 0.1) is 20.2 Å². The highest BCUT2D eigenvalue weighted by Gasteiger charge is 2.25. The van der Waals surface area contributed by atoms with E-state index in [9.17, 15) is 20.2 Å². The predicted octanol–water partition coefficient (Wildman–Crippen LogP) is -0.0992. The van der Waals surface area contributed by atoms with Gasteiger partial charge in [-0.2, -0.15) is 0 Å². The standard InChI is InChI=1S/C6H8N4O4/c7-6(10(13)14)5(9(11)12)3-8-4-1-2-4/h3-4H,1-2,7H2. The summed E-state index contributed by atoms with van der Waals surface area (Å²) < 4.78 is 0. The molecule has 8 nitrogen and oxygen atoms in total. The lowest BCUT2D eigenvalue weighted by Gasteiger charge is -1.93. The van der Waals surface area contributed by atoms with Gasteiger partial charge in [0.25, 0.3) is 0 Å². The van der Waals surface area contributed by atoms with Crippen LogP contribution in [0.1, 0.15) is 12.8 Å². The van der Waals surface area contributed by atoms with E-state index in [-0.39, 0.29) is 6.04 Å². The van der Waals surface area contributed by atoms with Crippen molar-refractivity contribution < 1.29 is 9.85 Å². The quantitative estimate of drug-likeness (QED) is 0.385. The maximum absolute atomic E-state index is 10.4. The van der Waals surface area contributed by atoms with Crippen molar-refractivity contribution in [1.82, 2.24) is 0 Å². The molecule has 0 aromatic heterocycles. The van der Waals surface area contributed by atoms with Gasteiger partial charge in [0.2, 0.25) is 0 Å². The number of rotatable bonds is 4. The molecule has 14 heavy (non-hydrogen) atoms. The van der Waals surface area contributed by atoms with Gasteiger partial charge in [-0.05, 0) is 17.8 Å². The van der Waals surface area contributed by atoms with Crippen LogP contribution in [0.5, 0.6) is 0 Å². The average Bonchev–Trinajstić information content (AvgIpc) is 2.87. The third kappa shape index (κ3) is 2.51. The summed E-state index contributed by atoms with van der Waals surface area (Å²) in [5.74, 6) is -0.987. The van der Waals surface area contributed by atoms with E-state index in [1.165, 1.54) is 0 Å². The number of nitrogens with zero attached hydrogens (tertiary/aromatic N) is 3. The zero-order valence-electron chi connectivity index (χ0n) is 7.12. The molecule has 0 spiro atoms. The molecule has 0 aliphatic heterocycles. The van der Waals surface area contributed by atoms with Crippen LogP contribution >= 0.6 is 0 Å². The summed E-state index contributed by atoms with van der Waals surface area (Å²) in [7, 11) is 0. The van der Waals surface area contributed by atoms with E-state index in [0.29, 0.717) is 0 Å². The molecule has 0 heterocycles. The molecule has 0 saturated heterocycles. The number of aliphatic imine (C=N–C) groups is 1. The van der Waals surface area contributed by atoms with E-state index >= 15 is 0 Å². The molecule has 0 bridgehead atoms. The van der Waals surface area contributed by atoms with Gasteiger partial charge in [0, 0.05) is 0 Å². The Labute approximate surface area is 78.4 Å². The summed E-state index contributed by atoms with van der Waals surface area (Å²) in [5, 5.41) is 20.5. The van der Waals surface area contributed by atoms with Gasteiger partial charge < -0.3 is 10.1 Å². The predicted molar refractivity (Wildman–Crippen MR) is 46.7 cm³/mol. The van der Waals surface area contributed by atoms with Crippen LogP contribution in [0.4, 0.5) is 0 Å². The fourth-order valence-electron chi connectivity index (χ4n) is 0.700. The molecule has 0 unspecified atom stereocenters. The number of allylic oxidation sites excluding steroid dienone is 1. The average molecular weight is 200 g/mol. The van der Waals surface area contributed by atoms with Crippen LogP contribution in [0.25, 0.3) is 0 Å². The topological polar surface area (TPSA) is 125 Å². The van der Waals surface area contributed by atoms with Crippen molar-refractivity contribution in [2.75, 3.05) is 0 Å². The first kappa shape index (κ1) is 10.1. The molecule has 1 fully saturated rings. The first-order valence-corrected chi connectivity index (χ1v) is 3.84. The summed E-state index contributed by atoms with van der Waals surface area (Å²) in [5.41, 5.74) is 4.15. The summed E-state index contributed by atoms with van der Waals surface area (Å²) >= 11 is 0. The normalized spacial score (nSPS) is 18.0. The Bertz CT molecular complexity index is 331. The van der Waals surface area contributed by atoms with Gasteiger partial charge in [0.1, 0.15) is 6.21 Å². The molecule has 1 aliphatic carbocycles. The number of nitro groups is 2. The third-order valence-electron chi connectivity index (χ3n) is 1.61. The van der Waals surface area contributed by atoms with Crippen molar-refractivity contribution in [2.24, 2.45) is 10.7 Å². The van der Waals surface area contributed by atoms with Gasteiger partial charge in [-0.15, -0.1) is 0 Å². The second kappa shape index (κ2) is 3.81. The summed E-state index contributed by atoms with van der Waals surface area (Å²) in [4.78, 5) is 22.3. The van der Waals surface area contributed by atoms with E-state index in [0.717, 1.165) is 19.1 Å². The Kier molecular flexibility index (Phi) is 2.75. The fraction of sp³-hybridized carbons (Fsp3) is 0.500. The minimum atomic E-state index is -1.00. The first-order chi connectivity index (χ1) is 6.52. The second-order valence-electron chi connectivity index (χ2n) is 2.79. The molecular formula is C6H8N4O4. The lowest BCUT2D eigenvalue weighted by Crippen LogP contribution is -2.17. The van der Waals surface area contributed by atoms with Crippen molar-refractivity contribution in [3.05, 3.63) is 31.7 Å².